The van der Waals surface area contributed by atoms with Crippen LogP contribution in [0.2, 0.25) is 10.0 Å². The van der Waals surface area contributed by atoms with E-state index < -0.39 is 34.3 Å². The molecule has 1 aliphatic rings. The summed E-state index contributed by atoms with van der Waals surface area (Å²) in [4.78, 5) is 40.4. The molecule has 0 aromatic heterocycles. The highest BCUT2D eigenvalue weighted by Crippen LogP contribution is 2.38. The van der Waals surface area contributed by atoms with Crippen molar-refractivity contribution in [3.05, 3.63) is 69.2 Å². The van der Waals surface area contributed by atoms with Crippen LogP contribution in [0.5, 0.6) is 0 Å². The number of rotatable bonds is 3. The number of hydrogen-bond donors (Lipinski definition) is 0. The van der Waals surface area contributed by atoms with Crippen LogP contribution >= 0.6 is 23.2 Å². The van der Waals surface area contributed by atoms with Crippen molar-refractivity contribution in [1.82, 2.24) is 5.06 Å². The van der Waals surface area contributed by atoms with Gasteiger partial charge in [-0.3, -0.25) is 9.59 Å². The highest BCUT2D eigenvalue weighted by atomic mass is 35.5. The van der Waals surface area contributed by atoms with E-state index in [0.717, 1.165) is 6.07 Å². The lowest BCUT2D eigenvalue weighted by molar-refractivity contribution is -0.198. The van der Waals surface area contributed by atoms with E-state index in [0.29, 0.717) is 0 Å². The van der Waals surface area contributed by atoms with Gasteiger partial charge in [0.1, 0.15) is 0 Å². The maximum Gasteiger partial charge on any atom is 0.407 e. The standard InChI is InChI=1S/C16H7Cl2F2NO4/c17-11-7-3-6-10(12(11)18)16(19,20)15(24)25-21-13(22)8-4-1-2-5-9(8)14(21)23/h1-7H. The van der Waals surface area contributed by atoms with Crippen LogP contribution in [0.3, 0.4) is 0 Å². The van der Waals surface area contributed by atoms with Crippen molar-refractivity contribution in [3.63, 3.8) is 0 Å². The van der Waals surface area contributed by atoms with Gasteiger partial charge in [-0.25, -0.2) is 4.79 Å². The lowest BCUT2D eigenvalue weighted by atomic mass is 10.1. The second kappa shape index (κ2) is 6.09. The van der Waals surface area contributed by atoms with Gasteiger partial charge in [-0.05, 0) is 18.2 Å². The Morgan fingerprint density at radius 2 is 1.52 bits per heavy atom. The number of nitrogens with zero attached hydrogens (tertiary/aromatic N) is 1. The van der Waals surface area contributed by atoms with E-state index in [1.807, 2.05) is 0 Å². The second-order valence-electron chi connectivity index (χ2n) is 5.00. The third kappa shape index (κ3) is 2.75. The van der Waals surface area contributed by atoms with Crippen LogP contribution in [0.25, 0.3) is 0 Å². The summed E-state index contributed by atoms with van der Waals surface area (Å²) in [6.07, 6.45) is 0. The first kappa shape index (κ1) is 17.3. The molecule has 0 saturated heterocycles. The quantitative estimate of drug-likeness (QED) is 0.753. The predicted molar refractivity (Wildman–Crippen MR) is 83.4 cm³/mol. The molecule has 2 aromatic rings. The molecule has 128 valence electrons. The smallest absolute Gasteiger partial charge is 0.323 e. The minimum Gasteiger partial charge on any atom is -0.323 e. The van der Waals surface area contributed by atoms with Gasteiger partial charge < -0.3 is 4.84 Å². The van der Waals surface area contributed by atoms with E-state index >= 15 is 0 Å². The van der Waals surface area contributed by atoms with Crippen LogP contribution in [0.15, 0.2) is 42.5 Å². The number of hydrogen-bond acceptors (Lipinski definition) is 4. The number of imide groups is 1. The van der Waals surface area contributed by atoms with Crippen LogP contribution < -0.4 is 0 Å². The summed E-state index contributed by atoms with van der Waals surface area (Å²) in [6, 6.07) is 8.92. The molecule has 0 N–H and O–H groups in total. The van der Waals surface area contributed by atoms with Crippen LogP contribution in [-0.2, 0) is 15.6 Å². The van der Waals surface area contributed by atoms with Gasteiger partial charge in [0.2, 0.25) is 0 Å². The van der Waals surface area contributed by atoms with Gasteiger partial charge in [-0.15, -0.1) is 0 Å². The molecule has 2 aromatic carbocycles. The molecule has 0 aliphatic carbocycles. The average Bonchev–Trinajstić information content (AvgIpc) is 2.82. The number of halogens is 4. The summed E-state index contributed by atoms with van der Waals surface area (Å²) in [7, 11) is 0. The maximum atomic E-state index is 14.4. The summed E-state index contributed by atoms with van der Waals surface area (Å²) in [5.41, 5.74) is -1.00. The zero-order valence-corrected chi connectivity index (χ0v) is 13.6. The monoisotopic (exact) mass is 385 g/mol. The van der Waals surface area contributed by atoms with E-state index in [2.05, 4.69) is 4.84 Å². The van der Waals surface area contributed by atoms with E-state index in [9.17, 15) is 23.2 Å². The van der Waals surface area contributed by atoms with Crippen LogP contribution in [0, 0.1) is 0 Å². The van der Waals surface area contributed by atoms with Crippen molar-refractivity contribution in [2.24, 2.45) is 0 Å². The summed E-state index contributed by atoms with van der Waals surface area (Å²) in [6.45, 7) is 0. The molecule has 1 aliphatic heterocycles. The van der Waals surface area contributed by atoms with Crippen LogP contribution in [0.4, 0.5) is 8.78 Å². The van der Waals surface area contributed by atoms with Crippen molar-refractivity contribution < 1.29 is 28.0 Å². The Bertz CT molecular complexity index is 882. The van der Waals surface area contributed by atoms with Crippen LogP contribution in [0.1, 0.15) is 26.3 Å². The van der Waals surface area contributed by atoms with E-state index in [4.69, 9.17) is 23.2 Å². The number of hydroxylamine groups is 2. The Morgan fingerprint density at radius 3 is 2.08 bits per heavy atom. The normalized spacial score (nSPS) is 13.8. The van der Waals surface area contributed by atoms with E-state index in [-0.39, 0.29) is 21.2 Å². The third-order valence-corrected chi connectivity index (χ3v) is 4.30. The lowest BCUT2D eigenvalue weighted by Crippen LogP contribution is -2.39. The molecule has 25 heavy (non-hydrogen) atoms. The first-order chi connectivity index (χ1) is 11.7. The number of amides is 2. The van der Waals surface area contributed by atoms with Gasteiger partial charge in [-0.2, -0.15) is 8.78 Å². The Kier molecular flexibility index (Phi) is 4.22. The number of benzene rings is 2. The number of fused-ring (bicyclic) bond motifs is 1. The summed E-state index contributed by atoms with van der Waals surface area (Å²) in [5, 5.41) is -0.722. The molecule has 3 rings (SSSR count). The zero-order valence-electron chi connectivity index (χ0n) is 12.1. The molecule has 1 heterocycles. The van der Waals surface area contributed by atoms with Crippen molar-refractivity contribution in [3.8, 4) is 0 Å². The summed E-state index contributed by atoms with van der Waals surface area (Å²) in [5.74, 6) is -8.38. The van der Waals surface area contributed by atoms with Gasteiger partial charge in [0.05, 0.1) is 26.7 Å². The van der Waals surface area contributed by atoms with Gasteiger partial charge in [0.25, 0.3) is 11.8 Å². The highest BCUT2D eigenvalue weighted by molar-refractivity contribution is 6.42. The van der Waals surface area contributed by atoms with Crippen molar-refractivity contribution >= 4 is 41.0 Å². The van der Waals surface area contributed by atoms with Crippen LogP contribution in [-0.4, -0.2) is 22.8 Å². The molecule has 0 fully saturated rings. The van der Waals surface area contributed by atoms with Crippen molar-refractivity contribution in [2.75, 3.05) is 0 Å². The number of carbonyl (C=O) groups is 3. The van der Waals surface area contributed by atoms with Crippen molar-refractivity contribution in [1.29, 1.82) is 0 Å². The molecule has 0 radical (unpaired) electrons. The average molecular weight is 386 g/mol. The summed E-state index contributed by atoms with van der Waals surface area (Å²) >= 11 is 11.4. The van der Waals surface area contributed by atoms with E-state index in [1.54, 1.807) is 0 Å². The zero-order chi connectivity index (χ0) is 18.4. The molecule has 0 spiro atoms. The third-order valence-electron chi connectivity index (χ3n) is 3.48. The molecule has 9 heteroatoms. The molecule has 0 saturated carbocycles. The Labute approximate surface area is 149 Å². The second-order valence-corrected chi connectivity index (χ2v) is 5.79. The Hall–Kier alpha value is -2.51. The Morgan fingerprint density at radius 1 is 0.960 bits per heavy atom. The lowest BCUT2D eigenvalue weighted by Gasteiger charge is -2.19. The molecular formula is C16H7Cl2F2NO4. The fraction of sp³-hybridized carbons (Fsp3) is 0.0625. The van der Waals surface area contributed by atoms with E-state index in [1.165, 1.54) is 36.4 Å². The fourth-order valence-corrected chi connectivity index (χ4v) is 2.67. The minimum absolute atomic E-state index is 0.000633. The predicted octanol–water partition coefficient (Wildman–Crippen LogP) is 3.84. The minimum atomic E-state index is -4.22. The van der Waals surface area contributed by atoms with Gasteiger partial charge in [0, 0.05) is 0 Å². The first-order valence-electron chi connectivity index (χ1n) is 6.77. The first-order valence-corrected chi connectivity index (χ1v) is 7.53. The largest absolute Gasteiger partial charge is 0.407 e. The summed E-state index contributed by atoms with van der Waals surface area (Å²) < 4.78 is 28.7. The van der Waals surface area contributed by atoms with Crippen molar-refractivity contribution in [2.45, 2.75) is 5.92 Å². The highest BCUT2D eigenvalue weighted by Gasteiger charge is 2.49. The topological polar surface area (TPSA) is 63.7 Å². The fourth-order valence-electron chi connectivity index (χ4n) is 2.25. The molecular weight excluding hydrogens is 379 g/mol. The number of carbonyl (C=O) groups excluding carboxylic acids is 3. The van der Waals surface area contributed by atoms with Gasteiger partial charge in [0.15, 0.2) is 0 Å². The molecule has 0 atom stereocenters. The van der Waals surface area contributed by atoms with Gasteiger partial charge >= 0.3 is 11.9 Å². The molecule has 5 nitrogen and oxygen atoms in total. The number of alkyl halides is 2. The Balaban J connectivity index is 1.89. The molecule has 2 amide bonds. The molecule has 0 bridgehead atoms. The molecule has 0 unspecified atom stereocenters. The maximum absolute atomic E-state index is 14.4. The van der Waals surface area contributed by atoms with Gasteiger partial charge in [-0.1, -0.05) is 52.5 Å². The SMILES string of the molecule is O=C1c2ccccc2C(=O)N1OC(=O)C(F)(F)c1cccc(Cl)c1Cl.